The fourth-order valence-corrected chi connectivity index (χ4v) is 3.84. The van der Waals surface area contributed by atoms with Gasteiger partial charge in [0.25, 0.3) is 11.8 Å². The Morgan fingerprint density at radius 3 is 2.53 bits per heavy atom. The van der Waals surface area contributed by atoms with Crippen molar-refractivity contribution in [3.05, 3.63) is 89.5 Å². The van der Waals surface area contributed by atoms with Crippen LogP contribution in [0.4, 0.5) is 11.4 Å². The second-order valence-electron chi connectivity index (χ2n) is 7.57. The minimum Gasteiger partial charge on any atom is -0.494 e. The van der Waals surface area contributed by atoms with Crippen molar-refractivity contribution in [3.8, 4) is 5.75 Å². The summed E-state index contributed by atoms with van der Waals surface area (Å²) in [5, 5.41) is 6.36. The van der Waals surface area contributed by atoms with E-state index in [4.69, 9.17) is 4.74 Å². The standard InChI is InChI=1S/C26H27N3O3/c1-3-16-27-25(30)18-8-7-9-19(17-18)28-24-22-10-5-6-11-23(22)26(31)29(24)20-12-14-21(15-13-20)32-4-2/h5-15,17,24,28H,3-4,16H2,1-2H3,(H,27,30). The van der Waals surface area contributed by atoms with E-state index in [1.807, 2.05) is 80.6 Å². The first-order chi connectivity index (χ1) is 15.6. The Kier molecular flexibility index (Phi) is 6.40. The van der Waals surface area contributed by atoms with Gasteiger partial charge in [0.2, 0.25) is 0 Å². The number of nitrogens with zero attached hydrogens (tertiary/aromatic N) is 1. The molecule has 32 heavy (non-hydrogen) atoms. The fourth-order valence-electron chi connectivity index (χ4n) is 3.84. The van der Waals surface area contributed by atoms with Crippen LogP contribution >= 0.6 is 0 Å². The molecule has 1 aliphatic heterocycles. The number of nitrogens with one attached hydrogen (secondary N) is 2. The largest absolute Gasteiger partial charge is 0.494 e. The molecule has 3 aromatic rings. The summed E-state index contributed by atoms with van der Waals surface area (Å²) in [6.07, 6.45) is 0.479. The van der Waals surface area contributed by atoms with Crippen molar-refractivity contribution in [2.75, 3.05) is 23.4 Å². The normalized spacial score (nSPS) is 14.8. The molecular weight excluding hydrogens is 402 g/mol. The summed E-state index contributed by atoms with van der Waals surface area (Å²) in [6, 6.07) is 22.4. The molecular formula is C26H27N3O3. The molecule has 1 unspecified atom stereocenters. The lowest BCUT2D eigenvalue weighted by atomic mass is 10.1. The molecule has 0 fully saturated rings. The molecule has 1 heterocycles. The molecule has 0 radical (unpaired) electrons. The fraction of sp³-hybridized carbons (Fsp3) is 0.231. The first kappa shape index (κ1) is 21.4. The smallest absolute Gasteiger partial charge is 0.260 e. The zero-order valence-electron chi connectivity index (χ0n) is 18.3. The van der Waals surface area contributed by atoms with Crippen LogP contribution in [-0.2, 0) is 0 Å². The second kappa shape index (κ2) is 9.56. The van der Waals surface area contributed by atoms with E-state index in [2.05, 4.69) is 10.6 Å². The Morgan fingerprint density at radius 2 is 1.78 bits per heavy atom. The predicted molar refractivity (Wildman–Crippen MR) is 126 cm³/mol. The molecule has 0 saturated carbocycles. The highest BCUT2D eigenvalue weighted by Gasteiger charge is 2.37. The van der Waals surface area contributed by atoms with Gasteiger partial charge in [-0.1, -0.05) is 31.2 Å². The van der Waals surface area contributed by atoms with Crippen LogP contribution in [0.3, 0.4) is 0 Å². The zero-order valence-corrected chi connectivity index (χ0v) is 18.3. The summed E-state index contributed by atoms with van der Waals surface area (Å²) < 4.78 is 5.54. The number of rotatable bonds is 8. The molecule has 3 aromatic carbocycles. The van der Waals surface area contributed by atoms with Crippen molar-refractivity contribution in [2.45, 2.75) is 26.4 Å². The number of anilines is 2. The highest BCUT2D eigenvalue weighted by molar-refractivity contribution is 6.11. The average Bonchev–Trinajstić information content (AvgIpc) is 3.10. The lowest BCUT2D eigenvalue weighted by molar-refractivity contribution is 0.0952. The summed E-state index contributed by atoms with van der Waals surface area (Å²) in [5.41, 5.74) is 3.67. The van der Waals surface area contributed by atoms with Gasteiger partial charge in [0.15, 0.2) is 0 Å². The van der Waals surface area contributed by atoms with E-state index in [9.17, 15) is 9.59 Å². The number of hydrogen-bond donors (Lipinski definition) is 2. The minimum absolute atomic E-state index is 0.0703. The van der Waals surface area contributed by atoms with Gasteiger partial charge in [0.1, 0.15) is 11.9 Å². The first-order valence-electron chi connectivity index (χ1n) is 10.9. The molecule has 6 nitrogen and oxygen atoms in total. The molecule has 0 saturated heterocycles. The van der Waals surface area contributed by atoms with Crippen LogP contribution in [0.1, 0.15) is 52.7 Å². The molecule has 0 bridgehead atoms. The average molecular weight is 430 g/mol. The molecule has 6 heteroatoms. The van der Waals surface area contributed by atoms with Crippen molar-refractivity contribution in [1.29, 1.82) is 0 Å². The number of benzene rings is 3. The second-order valence-corrected chi connectivity index (χ2v) is 7.57. The lowest BCUT2D eigenvalue weighted by Crippen LogP contribution is -2.32. The summed E-state index contributed by atoms with van der Waals surface area (Å²) in [6.45, 7) is 5.17. The van der Waals surface area contributed by atoms with Gasteiger partial charge < -0.3 is 15.4 Å². The first-order valence-corrected chi connectivity index (χ1v) is 10.9. The molecule has 2 amide bonds. The van der Waals surface area contributed by atoms with Crippen molar-refractivity contribution in [3.63, 3.8) is 0 Å². The summed E-state index contributed by atoms with van der Waals surface area (Å²) in [5.74, 6) is 0.580. The van der Waals surface area contributed by atoms with Crippen LogP contribution in [0.5, 0.6) is 5.75 Å². The SMILES string of the molecule is CCCNC(=O)c1cccc(NC2c3ccccc3C(=O)N2c2ccc(OCC)cc2)c1. The lowest BCUT2D eigenvalue weighted by Gasteiger charge is -2.27. The third-order valence-corrected chi connectivity index (χ3v) is 5.35. The maximum absolute atomic E-state index is 13.3. The topological polar surface area (TPSA) is 70.7 Å². The predicted octanol–water partition coefficient (Wildman–Crippen LogP) is 5.00. The summed E-state index contributed by atoms with van der Waals surface area (Å²) in [4.78, 5) is 27.4. The van der Waals surface area contributed by atoms with Gasteiger partial charge in [-0.3, -0.25) is 14.5 Å². The van der Waals surface area contributed by atoms with Crippen LogP contribution in [0.25, 0.3) is 0 Å². The van der Waals surface area contributed by atoms with Crippen LogP contribution in [0, 0.1) is 0 Å². The third-order valence-electron chi connectivity index (χ3n) is 5.35. The van der Waals surface area contributed by atoms with Crippen LogP contribution < -0.4 is 20.3 Å². The number of hydrogen-bond acceptors (Lipinski definition) is 4. The van der Waals surface area contributed by atoms with Crippen LogP contribution in [-0.4, -0.2) is 25.0 Å². The number of carbonyl (C=O) groups excluding carboxylic acids is 2. The zero-order chi connectivity index (χ0) is 22.5. The van der Waals surface area contributed by atoms with Crippen molar-refractivity contribution < 1.29 is 14.3 Å². The van der Waals surface area contributed by atoms with Crippen molar-refractivity contribution >= 4 is 23.2 Å². The Balaban J connectivity index is 1.65. The summed E-state index contributed by atoms with van der Waals surface area (Å²) >= 11 is 0. The van der Waals surface area contributed by atoms with E-state index in [1.165, 1.54) is 0 Å². The molecule has 1 aliphatic rings. The van der Waals surface area contributed by atoms with Gasteiger partial charge in [0.05, 0.1) is 6.61 Å². The van der Waals surface area contributed by atoms with Gasteiger partial charge in [0, 0.05) is 34.6 Å². The number of amides is 2. The molecule has 0 aliphatic carbocycles. The molecule has 0 spiro atoms. The Bertz CT molecular complexity index is 1110. The number of carbonyl (C=O) groups is 2. The third kappa shape index (κ3) is 4.30. The van der Waals surface area contributed by atoms with E-state index >= 15 is 0 Å². The molecule has 0 aromatic heterocycles. The molecule has 4 rings (SSSR count). The summed E-state index contributed by atoms with van der Waals surface area (Å²) in [7, 11) is 0. The van der Waals surface area contributed by atoms with Crippen molar-refractivity contribution in [1.82, 2.24) is 5.32 Å². The Morgan fingerprint density at radius 1 is 1.00 bits per heavy atom. The van der Waals surface area contributed by atoms with E-state index in [0.29, 0.717) is 24.3 Å². The van der Waals surface area contributed by atoms with E-state index < -0.39 is 6.17 Å². The van der Waals surface area contributed by atoms with Gasteiger partial charge >= 0.3 is 0 Å². The maximum atomic E-state index is 13.3. The maximum Gasteiger partial charge on any atom is 0.260 e. The van der Waals surface area contributed by atoms with Crippen LogP contribution in [0.15, 0.2) is 72.8 Å². The van der Waals surface area contributed by atoms with Gasteiger partial charge in [-0.05, 0) is 61.9 Å². The molecule has 1 atom stereocenters. The van der Waals surface area contributed by atoms with E-state index in [1.54, 1.807) is 11.0 Å². The Labute approximate surface area is 188 Å². The van der Waals surface area contributed by atoms with E-state index in [-0.39, 0.29) is 11.8 Å². The van der Waals surface area contributed by atoms with Crippen molar-refractivity contribution in [2.24, 2.45) is 0 Å². The highest BCUT2D eigenvalue weighted by Crippen LogP contribution is 2.38. The molecule has 164 valence electrons. The monoisotopic (exact) mass is 429 g/mol. The number of fused-ring (bicyclic) bond motifs is 1. The van der Waals surface area contributed by atoms with Gasteiger partial charge in [-0.15, -0.1) is 0 Å². The number of ether oxygens (including phenoxy) is 1. The minimum atomic E-state index is -0.398. The molecule has 2 N–H and O–H groups in total. The van der Waals surface area contributed by atoms with Gasteiger partial charge in [-0.25, -0.2) is 0 Å². The Hall–Kier alpha value is -3.80. The van der Waals surface area contributed by atoms with E-state index in [0.717, 1.165) is 29.1 Å². The van der Waals surface area contributed by atoms with Crippen LogP contribution in [0.2, 0.25) is 0 Å². The highest BCUT2D eigenvalue weighted by atomic mass is 16.5. The van der Waals surface area contributed by atoms with Gasteiger partial charge in [-0.2, -0.15) is 0 Å². The quantitative estimate of drug-likeness (QED) is 0.529.